The molecule has 0 saturated carbocycles. The summed E-state index contributed by atoms with van der Waals surface area (Å²) in [5.74, 6) is -1.09. The van der Waals surface area contributed by atoms with E-state index in [1.807, 2.05) is 0 Å². The van der Waals surface area contributed by atoms with Crippen LogP contribution in [0.1, 0.15) is 5.56 Å². The molecule has 0 radical (unpaired) electrons. The molecule has 1 N–H and O–H groups in total. The molecule has 96 valence electrons. The van der Waals surface area contributed by atoms with Crippen molar-refractivity contribution in [3.05, 3.63) is 29.3 Å². The zero-order valence-electron chi connectivity index (χ0n) is 10.4. The van der Waals surface area contributed by atoms with Gasteiger partial charge in [0.1, 0.15) is 17.3 Å². The zero-order chi connectivity index (χ0) is 12.8. The van der Waals surface area contributed by atoms with E-state index in [0.717, 1.165) is 0 Å². The Hall–Kier alpha value is -1.20. The minimum atomic E-state index is -0.543. The van der Waals surface area contributed by atoms with Gasteiger partial charge in [-0.3, -0.25) is 0 Å². The van der Waals surface area contributed by atoms with Gasteiger partial charge < -0.3 is 15.0 Å². The molecule has 0 amide bonds. The van der Waals surface area contributed by atoms with Crippen LogP contribution in [-0.4, -0.2) is 34.4 Å². The van der Waals surface area contributed by atoms with Gasteiger partial charge in [0.25, 0.3) is 0 Å². The number of halogens is 2. The van der Waals surface area contributed by atoms with Crippen LogP contribution in [0.2, 0.25) is 0 Å². The molecular weight excluding hydrogens is 226 g/mol. The molecule has 0 aliphatic rings. The highest BCUT2D eigenvalue weighted by Crippen LogP contribution is 2.22. The van der Waals surface area contributed by atoms with Gasteiger partial charge in [-0.2, -0.15) is 0 Å². The number of nitrogens with zero attached hydrogens (tertiary/aromatic N) is 1. The van der Waals surface area contributed by atoms with Crippen LogP contribution in [0.25, 0.3) is 0 Å². The Balaban J connectivity index is 2.70. The standard InChI is InChI=1S/C12H18F2N2O/c1-16(2)12-10(13)6-9(7-11(12)14)8-15-4-5-17-3/h6-7,15H,4-5,8H2,1-3H3. The maximum absolute atomic E-state index is 13.6. The summed E-state index contributed by atoms with van der Waals surface area (Å²) in [6.07, 6.45) is 0. The van der Waals surface area contributed by atoms with Gasteiger partial charge in [0.05, 0.1) is 6.61 Å². The van der Waals surface area contributed by atoms with Crippen LogP contribution in [0, 0.1) is 11.6 Å². The second-order valence-electron chi connectivity index (χ2n) is 3.97. The van der Waals surface area contributed by atoms with Crippen LogP contribution < -0.4 is 10.2 Å². The van der Waals surface area contributed by atoms with Crippen LogP contribution >= 0.6 is 0 Å². The normalized spacial score (nSPS) is 10.6. The second kappa shape index (κ2) is 6.51. The Bertz CT molecular complexity index is 347. The Labute approximate surface area is 100 Å². The van der Waals surface area contributed by atoms with Crippen LogP contribution in [0.15, 0.2) is 12.1 Å². The van der Waals surface area contributed by atoms with E-state index < -0.39 is 11.6 Å². The van der Waals surface area contributed by atoms with Gasteiger partial charge in [0, 0.05) is 34.3 Å². The van der Waals surface area contributed by atoms with Crippen molar-refractivity contribution in [2.75, 3.05) is 39.3 Å². The first-order chi connectivity index (χ1) is 8.06. The van der Waals surface area contributed by atoms with Crippen molar-refractivity contribution in [2.24, 2.45) is 0 Å². The molecule has 1 aromatic rings. The molecule has 0 spiro atoms. The maximum Gasteiger partial charge on any atom is 0.149 e. The molecule has 0 aromatic heterocycles. The van der Waals surface area contributed by atoms with Crippen molar-refractivity contribution in [1.29, 1.82) is 0 Å². The molecule has 3 nitrogen and oxygen atoms in total. The van der Waals surface area contributed by atoms with Crippen molar-refractivity contribution in [2.45, 2.75) is 6.54 Å². The molecule has 0 aliphatic heterocycles. The van der Waals surface area contributed by atoms with Gasteiger partial charge in [0.15, 0.2) is 0 Å². The fourth-order valence-electron chi connectivity index (χ4n) is 1.55. The van der Waals surface area contributed by atoms with E-state index in [1.165, 1.54) is 17.0 Å². The maximum atomic E-state index is 13.6. The summed E-state index contributed by atoms with van der Waals surface area (Å²) in [5.41, 5.74) is 0.576. The summed E-state index contributed by atoms with van der Waals surface area (Å²) in [6, 6.07) is 2.69. The third kappa shape index (κ3) is 3.94. The highest BCUT2D eigenvalue weighted by Gasteiger charge is 2.12. The van der Waals surface area contributed by atoms with Crippen molar-refractivity contribution in [1.82, 2.24) is 5.32 Å². The summed E-state index contributed by atoms with van der Waals surface area (Å²) < 4.78 is 32.1. The predicted octanol–water partition coefficient (Wildman–Crippen LogP) is 1.77. The average Bonchev–Trinajstić information content (AvgIpc) is 2.23. The van der Waals surface area contributed by atoms with E-state index in [2.05, 4.69) is 5.32 Å². The number of rotatable bonds is 6. The first-order valence-electron chi connectivity index (χ1n) is 5.41. The topological polar surface area (TPSA) is 24.5 Å². The number of benzene rings is 1. The van der Waals surface area contributed by atoms with Gasteiger partial charge in [0.2, 0.25) is 0 Å². The number of anilines is 1. The quantitative estimate of drug-likeness (QED) is 0.772. The van der Waals surface area contributed by atoms with E-state index in [0.29, 0.717) is 25.3 Å². The van der Waals surface area contributed by atoms with Crippen molar-refractivity contribution >= 4 is 5.69 Å². The van der Waals surface area contributed by atoms with Gasteiger partial charge >= 0.3 is 0 Å². The highest BCUT2D eigenvalue weighted by atomic mass is 19.1. The third-order valence-corrected chi connectivity index (χ3v) is 2.34. The van der Waals surface area contributed by atoms with Crippen LogP contribution in [0.3, 0.4) is 0 Å². The number of hydrogen-bond acceptors (Lipinski definition) is 3. The molecule has 0 heterocycles. The van der Waals surface area contributed by atoms with Crippen molar-refractivity contribution < 1.29 is 13.5 Å². The first-order valence-corrected chi connectivity index (χ1v) is 5.41. The smallest absolute Gasteiger partial charge is 0.149 e. The van der Waals surface area contributed by atoms with Gasteiger partial charge in [-0.1, -0.05) is 0 Å². The molecule has 0 bridgehead atoms. The van der Waals surface area contributed by atoms with Crippen LogP contribution in [0.5, 0.6) is 0 Å². The van der Waals surface area contributed by atoms with E-state index in [1.54, 1.807) is 21.2 Å². The van der Waals surface area contributed by atoms with E-state index in [-0.39, 0.29) is 5.69 Å². The minimum absolute atomic E-state index is 0.00867. The van der Waals surface area contributed by atoms with Gasteiger partial charge in [-0.25, -0.2) is 8.78 Å². The van der Waals surface area contributed by atoms with E-state index >= 15 is 0 Å². The molecule has 0 aliphatic carbocycles. The lowest BCUT2D eigenvalue weighted by molar-refractivity contribution is 0.199. The lowest BCUT2D eigenvalue weighted by Crippen LogP contribution is -2.19. The molecule has 0 fully saturated rings. The van der Waals surface area contributed by atoms with Crippen molar-refractivity contribution in [3.8, 4) is 0 Å². The van der Waals surface area contributed by atoms with E-state index in [4.69, 9.17) is 4.74 Å². The summed E-state index contributed by atoms with van der Waals surface area (Å²) in [4.78, 5) is 1.42. The third-order valence-electron chi connectivity index (χ3n) is 2.34. The summed E-state index contributed by atoms with van der Waals surface area (Å²) in [5, 5.41) is 3.03. The number of hydrogen-bond donors (Lipinski definition) is 1. The molecule has 5 heteroatoms. The lowest BCUT2D eigenvalue weighted by Gasteiger charge is -2.15. The monoisotopic (exact) mass is 244 g/mol. The lowest BCUT2D eigenvalue weighted by atomic mass is 10.1. The average molecular weight is 244 g/mol. The largest absolute Gasteiger partial charge is 0.383 e. The van der Waals surface area contributed by atoms with Gasteiger partial charge in [-0.05, 0) is 17.7 Å². The molecule has 1 aromatic carbocycles. The van der Waals surface area contributed by atoms with Crippen molar-refractivity contribution in [3.63, 3.8) is 0 Å². The molecular formula is C12H18F2N2O. The molecule has 0 unspecified atom stereocenters. The Morgan fingerprint density at radius 3 is 2.29 bits per heavy atom. The van der Waals surface area contributed by atoms with Crippen LogP contribution in [-0.2, 0) is 11.3 Å². The number of nitrogens with one attached hydrogen (secondary N) is 1. The molecule has 0 saturated heterocycles. The van der Waals surface area contributed by atoms with Crippen LogP contribution in [0.4, 0.5) is 14.5 Å². The fourth-order valence-corrected chi connectivity index (χ4v) is 1.55. The highest BCUT2D eigenvalue weighted by molar-refractivity contribution is 5.49. The number of ether oxygens (including phenoxy) is 1. The second-order valence-corrected chi connectivity index (χ2v) is 3.97. The molecule has 0 atom stereocenters. The molecule has 17 heavy (non-hydrogen) atoms. The number of methoxy groups -OCH3 is 1. The first kappa shape index (κ1) is 13.9. The molecule has 1 rings (SSSR count). The Kier molecular flexibility index (Phi) is 5.31. The Morgan fingerprint density at radius 1 is 1.24 bits per heavy atom. The summed E-state index contributed by atoms with van der Waals surface area (Å²) in [7, 11) is 4.82. The Morgan fingerprint density at radius 2 is 1.82 bits per heavy atom. The predicted molar refractivity (Wildman–Crippen MR) is 64.3 cm³/mol. The summed E-state index contributed by atoms with van der Waals surface area (Å²) in [6.45, 7) is 1.64. The summed E-state index contributed by atoms with van der Waals surface area (Å²) >= 11 is 0. The van der Waals surface area contributed by atoms with Gasteiger partial charge in [-0.15, -0.1) is 0 Å². The zero-order valence-corrected chi connectivity index (χ0v) is 10.4. The fraction of sp³-hybridized carbons (Fsp3) is 0.500. The van der Waals surface area contributed by atoms with E-state index in [9.17, 15) is 8.78 Å². The SMILES string of the molecule is COCCNCc1cc(F)c(N(C)C)c(F)c1. The minimum Gasteiger partial charge on any atom is -0.383 e.